The van der Waals surface area contributed by atoms with Crippen molar-refractivity contribution in [3.8, 4) is 0 Å². The van der Waals surface area contributed by atoms with Gasteiger partial charge in [0.05, 0.1) is 17.7 Å². The molecule has 0 aliphatic heterocycles. The molecule has 0 unspecified atom stereocenters. The summed E-state index contributed by atoms with van der Waals surface area (Å²) in [5.74, 6) is -1.26. The number of benzene rings is 1. The van der Waals surface area contributed by atoms with E-state index in [0.717, 1.165) is 10.4 Å². The van der Waals surface area contributed by atoms with E-state index in [1.54, 1.807) is 0 Å². The number of carboxylic acids is 1. The third-order valence-electron chi connectivity index (χ3n) is 3.27. The van der Waals surface area contributed by atoms with E-state index in [2.05, 4.69) is 15.0 Å². The van der Waals surface area contributed by atoms with Gasteiger partial charge < -0.3 is 9.84 Å². The summed E-state index contributed by atoms with van der Waals surface area (Å²) >= 11 is 0. The molecule has 0 spiro atoms. The zero-order valence-corrected chi connectivity index (χ0v) is 14.1. The number of ether oxygens (including phenoxy) is 1. The molecule has 0 radical (unpaired) electrons. The summed E-state index contributed by atoms with van der Waals surface area (Å²) in [6.45, 7) is 0. The molecule has 25 heavy (non-hydrogen) atoms. The minimum atomic E-state index is -3.92. The zero-order chi connectivity index (χ0) is 18.6. The van der Waals surface area contributed by atoms with Gasteiger partial charge in [-0.05, 0) is 36.4 Å². The highest BCUT2D eigenvalue weighted by atomic mass is 32.2. The van der Waals surface area contributed by atoms with E-state index in [1.807, 2.05) is 0 Å². The number of carboxylic acid groups (broad SMARTS) is 1. The number of hydrogen-bond acceptors (Lipinski definition) is 6. The van der Waals surface area contributed by atoms with Crippen LogP contribution in [0.5, 0.6) is 0 Å². The number of rotatable bonds is 5. The number of aromatic carboxylic acids is 1. The molecular weight excluding hydrogens is 350 g/mol. The molecule has 132 valence electrons. The predicted octanol–water partition coefficient (Wildman–Crippen LogP) is 1.78. The van der Waals surface area contributed by atoms with Crippen molar-refractivity contribution >= 4 is 33.5 Å². The minimum absolute atomic E-state index is 0.0286. The summed E-state index contributed by atoms with van der Waals surface area (Å²) in [5.41, 5.74) is 0.256. The lowest BCUT2D eigenvalue weighted by Gasteiger charge is -2.19. The van der Waals surface area contributed by atoms with E-state index in [4.69, 9.17) is 5.11 Å². The molecule has 2 rings (SSSR count). The number of sulfonamides is 1. The number of pyridine rings is 1. The fourth-order valence-electron chi connectivity index (χ4n) is 1.91. The molecule has 10 heteroatoms. The lowest BCUT2D eigenvalue weighted by molar-refractivity contribution is 0.0690. The maximum Gasteiger partial charge on any atom is 0.411 e. The van der Waals surface area contributed by atoms with E-state index in [-0.39, 0.29) is 16.3 Å². The summed E-state index contributed by atoms with van der Waals surface area (Å²) in [6, 6.07) is 8.00. The lowest BCUT2D eigenvalue weighted by atomic mass is 10.3. The molecule has 0 fully saturated rings. The lowest BCUT2D eigenvalue weighted by Crippen LogP contribution is -2.27. The quantitative estimate of drug-likeness (QED) is 0.827. The average Bonchev–Trinajstić information content (AvgIpc) is 2.61. The Morgan fingerprint density at radius 3 is 2.40 bits per heavy atom. The summed E-state index contributed by atoms with van der Waals surface area (Å²) in [4.78, 5) is 25.7. The monoisotopic (exact) mass is 365 g/mol. The molecule has 9 nitrogen and oxygen atoms in total. The van der Waals surface area contributed by atoms with Gasteiger partial charge >= 0.3 is 12.1 Å². The Labute approximate surface area is 143 Å². The van der Waals surface area contributed by atoms with Gasteiger partial charge in [-0.1, -0.05) is 0 Å². The number of aromatic nitrogens is 1. The molecule has 0 atom stereocenters. The van der Waals surface area contributed by atoms with Crippen molar-refractivity contribution < 1.29 is 27.9 Å². The van der Waals surface area contributed by atoms with E-state index >= 15 is 0 Å². The van der Waals surface area contributed by atoms with Gasteiger partial charge in [-0.25, -0.2) is 23.0 Å². The Bertz CT molecular complexity index is 896. The van der Waals surface area contributed by atoms with Crippen LogP contribution >= 0.6 is 0 Å². The van der Waals surface area contributed by atoms with Crippen molar-refractivity contribution in [1.82, 2.24) is 4.98 Å². The number of carbonyl (C=O) groups excluding carboxylic acids is 1. The van der Waals surface area contributed by atoms with Gasteiger partial charge in [-0.15, -0.1) is 0 Å². The Morgan fingerprint density at radius 1 is 1.20 bits per heavy atom. The van der Waals surface area contributed by atoms with Gasteiger partial charge in [0.1, 0.15) is 5.69 Å². The van der Waals surface area contributed by atoms with Crippen LogP contribution in [0.25, 0.3) is 0 Å². The van der Waals surface area contributed by atoms with Crippen LogP contribution in [0.3, 0.4) is 0 Å². The number of nitrogens with one attached hydrogen (secondary N) is 1. The van der Waals surface area contributed by atoms with Crippen LogP contribution in [-0.4, -0.2) is 44.7 Å². The van der Waals surface area contributed by atoms with Crippen molar-refractivity contribution in [3.05, 3.63) is 48.3 Å². The SMILES string of the molecule is COC(=O)Nc1ccc(S(=O)(=O)N(C)c2ccnc(C(=O)O)c2)cc1. The van der Waals surface area contributed by atoms with Crippen LogP contribution in [0.4, 0.5) is 16.2 Å². The number of amides is 1. The zero-order valence-electron chi connectivity index (χ0n) is 13.3. The van der Waals surface area contributed by atoms with E-state index < -0.39 is 22.1 Å². The number of hydrogen-bond donors (Lipinski definition) is 2. The normalized spacial score (nSPS) is 10.8. The van der Waals surface area contributed by atoms with Gasteiger partial charge in [-0.3, -0.25) is 9.62 Å². The summed E-state index contributed by atoms with van der Waals surface area (Å²) in [7, 11) is -1.40. The molecule has 1 aromatic heterocycles. The number of carbonyl (C=O) groups is 2. The topological polar surface area (TPSA) is 126 Å². The summed E-state index contributed by atoms with van der Waals surface area (Å²) in [6.07, 6.45) is 0.541. The van der Waals surface area contributed by atoms with Crippen LogP contribution in [0.2, 0.25) is 0 Å². The Balaban J connectivity index is 2.30. The van der Waals surface area contributed by atoms with Gasteiger partial charge in [0.2, 0.25) is 0 Å². The highest BCUT2D eigenvalue weighted by molar-refractivity contribution is 7.92. The van der Waals surface area contributed by atoms with Gasteiger partial charge in [-0.2, -0.15) is 0 Å². The highest BCUT2D eigenvalue weighted by Gasteiger charge is 2.22. The smallest absolute Gasteiger partial charge is 0.411 e. The maximum atomic E-state index is 12.6. The van der Waals surface area contributed by atoms with E-state index in [1.165, 1.54) is 50.7 Å². The first kappa shape index (κ1) is 18.2. The molecule has 0 aliphatic rings. The van der Waals surface area contributed by atoms with Crippen molar-refractivity contribution in [3.63, 3.8) is 0 Å². The molecule has 1 heterocycles. The van der Waals surface area contributed by atoms with Crippen molar-refractivity contribution in [2.75, 3.05) is 23.8 Å². The second-order valence-corrected chi connectivity index (χ2v) is 6.79. The van der Waals surface area contributed by atoms with Crippen LogP contribution in [-0.2, 0) is 14.8 Å². The minimum Gasteiger partial charge on any atom is -0.477 e. The van der Waals surface area contributed by atoms with Crippen LogP contribution < -0.4 is 9.62 Å². The van der Waals surface area contributed by atoms with Gasteiger partial charge in [0.15, 0.2) is 0 Å². The predicted molar refractivity (Wildman–Crippen MR) is 89.3 cm³/mol. The first-order valence-corrected chi connectivity index (χ1v) is 8.33. The van der Waals surface area contributed by atoms with Crippen LogP contribution in [0, 0.1) is 0 Å². The third-order valence-corrected chi connectivity index (χ3v) is 5.07. The van der Waals surface area contributed by atoms with Gasteiger partial charge in [0, 0.05) is 18.9 Å². The number of anilines is 2. The van der Waals surface area contributed by atoms with E-state index in [0.29, 0.717) is 5.69 Å². The van der Waals surface area contributed by atoms with E-state index in [9.17, 15) is 18.0 Å². The van der Waals surface area contributed by atoms with Gasteiger partial charge in [0.25, 0.3) is 10.0 Å². The molecule has 2 N–H and O–H groups in total. The molecule has 1 amide bonds. The fourth-order valence-corrected chi connectivity index (χ4v) is 3.10. The second kappa shape index (κ2) is 7.18. The first-order valence-electron chi connectivity index (χ1n) is 6.89. The molecule has 1 aromatic carbocycles. The second-order valence-electron chi connectivity index (χ2n) is 4.82. The molecule has 0 aliphatic carbocycles. The van der Waals surface area contributed by atoms with Crippen molar-refractivity contribution in [1.29, 1.82) is 0 Å². The first-order chi connectivity index (χ1) is 11.8. The van der Waals surface area contributed by atoms with Crippen molar-refractivity contribution in [2.24, 2.45) is 0 Å². The highest BCUT2D eigenvalue weighted by Crippen LogP contribution is 2.23. The number of methoxy groups -OCH3 is 1. The summed E-state index contributed by atoms with van der Waals surface area (Å²) < 4.78 is 30.7. The molecule has 0 saturated heterocycles. The largest absolute Gasteiger partial charge is 0.477 e. The van der Waals surface area contributed by atoms with Crippen molar-refractivity contribution in [2.45, 2.75) is 4.90 Å². The molecular formula is C15H15N3O6S. The Morgan fingerprint density at radius 2 is 1.84 bits per heavy atom. The summed E-state index contributed by atoms with van der Waals surface area (Å²) in [5, 5.41) is 11.4. The molecule has 0 saturated carbocycles. The third kappa shape index (κ3) is 4.04. The fraction of sp³-hybridized carbons (Fsp3) is 0.133. The standard InChI is InChI=1S/C15H15N3O6S/c1-18(11-7-8-16-13(9-11)14(19)20)25(22,23)12-5-3-10(4-6-12)17-15(21)24-2/h3-9H,1-2H3,(H,17,21)(H,19,20). The van der Waals surface area contributed by atoms with Crippen LogP contribution in [0.15, 0.2) is 47.5 Å². The Hall–Kier alpha value is -3.14. The Kier molecular flexibility index (Phi) is 5.22. The average molecular weight is 365 g/mol. The molecule has 2 aromatic rings. The molecule has 0 bridgehead atoms. The van der Waals surface area contributed by atoms with Crippen LogP contribution in [0.1, 0.15) is 10.5 Å². The maximum absolute atomic E-state index is 12.6. The number of nitrogens with zero attached hydrogens (tertiary/aromatic N) is 2.